The predicted octanol–water partition coefficient (Wildman–Crippen LogP) is 2.31. The van der Waals surface area contributed by atoms with Crippen LogP contribution in [0.1, 0.15) is 20.3 Å². The SMILES string of the molecule is CC1(C)CSC2=CC=CCC2N1. The molecule has 2 aliphatic rings. The van der Waals surface area contributed by atoms with E-state index in [1.165, 1.54) is 10.7 Å². The molecule has 0 radical (unpaired) electrons. The van der Waals surface area contributed by atoms with Crippen LogP contribution < -0.4 is 5.32 Å². The van der Waals surface area contributed by atoms with Crippen molar-refractivity contribution in [2.45, 2.75) is 31.8 Å². The molecule has 2 rings (SSSR count). The Kier molecular flexibility index (Phi) is 2.05. The van der Waals surface area contributed by atoms with E-state index >= 15 is 0 Å². The summed E-state index contributed by atoms with van der Waals surface area (Å²) in [5, 5.41) is 3.65. The molecule has 1 aliphatic heterocycles. The van der Waals surface area contributed by atoms with Gasteiger partial charge in [-0.2, -0.15) is 0 Å². The van der Waals surface area contributed by atoms with E-state index in [1.807, 2.05) is 11.8 Å². The molecule has 0 aromatic rings. The van der Waals surface area contributed by atoms with Crippen LogP contribution in [0.2, 0.25) is 0 Å². The Hall–Kier alpha value is -0.210. The quantitative estimate of drug-likeness (QED) is 0.615. The van der Waals surface area contributed by atoms with E-state index in [2.05, 4.69) is 37.4 Å². The molecule has 1 unspecified atom stereocenters. The second kappa shape index (κ2) is 2.93. The molecular formula is C10H15NS. The number of thioether (sulfide) groups is 1. The highest BCUT2D eigenvalue weighted by molar-refractivity contribution is 8.03. The Morgan fingerprint density at radius 3 is 3.25 bits per heavy atom. The highest BCUT2D eigenvalue weighted by atomic mass is 32.2. The molecule has 0 saturated carbocycles. The number of fused-ring (bicyclic) bond motifs is 1. The molecule has 1 aliphatic carbocycles. The molecular weight excluding hydrogens is 166 g/mol. The molecule has 1 nitrogen and oxygen atoms in total. The third kappa shape index (κ3) is 1.59. The number of nitrogens with one attached hydrogen (secondary N) is 1. The fraction of sp³-hybridized carbons (Fsp3) is 0.600. The molecule has 0 aromatic heterocycles. The second-order valence-electron chi connectivity index (χ2n) is 4.10. The van der Waals surface area contributed by atoms with Gasteiger partial charge in [0.25, 0.3) is 0 Å². The molecule has 0 bridgehead atoms. The van der Waals surface area contributed by atoms with Crippen molar-refractivity contribution < 1.29 is 0 Å². The Balaban J connectivity index is 2.14. The van der Waals surface area contributed by atoms with E-state index in [9.17, 15) is 0 Å². The average molecular weight is 181 g/mol. The van der Waals surface area contributed by atoms with Gasteiger partial charge >= 0.3 is 0 Å². The van der Waals surface area contributed by atoms with Gasteiger partial charge in [0, 0.05) is 22.2 Å². The van der Waals surface area contributed by atoms with E-state index in [0.717, 1.165) is 6.42 Å². The number of rotatable bonds is 0. The molecule has 66 valence electrons. The molecule has 1 saturated heterocycles. The number of hydrogen-bond acceptors (Lipinski definition) is 2. The maximum Gasteiger partial charge on any atom is 0.0419 e. The van der Waals surface area contributed by atoms with Gasteiger partial charge in [0.05, 0.1) is 0 Å². The first kappa shape index (κ1) is 8.39. The Labute approximate surface area is 78.3 Å². The summed E-state index contributed by atoms with van der Waals surface area (Å²) < 4.78 is 0. The van der Waals surface area contributed by atoms with Crippen molar-refractivity contribution in [3.8, 4) is 0 Å². The van der Waals surface area contributed by atoms with Crippen LogP contribution in [0.3, 0.4) is 0 Å². The van der Waals surface area contributed by atoms with Crippen LogP contribution in [0, 0.1) is 0 Å². The Morgan fingerprint density at radius 1 is 1.58 bits per heavy atom. The summed E-state index contributed by atoms with van der Waals surface area (Å²) in [6.07, 6.45) is 7.80. The molecule has 1 N–H and O–H groups in total. The van der Waals surface area contributed by atoms with Crippen molar-refractivity contribution >= 4 is 11.8 Å². The largest absolute Gasteiger partial charge is 0.303 e. The van der Waals surface area contributed by atoms with Crippen molar-refractivity contribution in [3.63, 3.8) is 0 Å². The van der Waals surface area contributed by atoms with Gasteiger partial charge in [-0.15, -0.1) is 11.8 Å². The highest BCUT2D eigenvalue weighted by Crippen LogP contribution is 2.33. The van der Waals surface area contributed by atoms with Gasteiger partial charge in [-0.3, -0.25) is 0 Å². The Morgan fingerprint density at radius 2 is 2.42 bits per heavy atom. The van der Waals surface area contributed by atoms with E-state index in [4.69, 9.17) is 0 Å². The van der Waals surface area contributed by atoms with Gasteiger partial charge in [0.2, 0.25) is 0 Å². The lowest BCUT2D eigenvalue weighted by molar-refractivity contribution is 0.386. The monoisotopic (exact) mass is 181 g/mol. The van der Waals surface area contributed by atoms with Crippen molar-refractivity contribution in [2.75, 3.05) is 5.75 Å². The molecule has 0 amide bonds. The summed E-state index contributed by atoms with van der Waals surface area (Å²) in [4.78, 5) is 1.51. The van der Waals surface area contributed by atoms with Crippen molar-refractivity contribution in [3.05, 3.63) is 23.1 Å². The van der Waals surface area contributed by atoms with E-state index in [-0.39, 0.29) is 0 Å². The van der Waals surface area contributed by atoms with Gasteiger partial charge in [0.1, 0.15) is 0 Å². The summed E-state index contributed by atoms with van der Waals surface area (Å²) in [5.74, 6) is 1.18. The van der Waals surface area contributed by atoms with Gasteiger partial charge < -0.3 is 5.32 Å². The molecule has 1 fully saturated rings. The van der Waals surface area contributed by atoms with Gasteiger partial charge in [0.15, 0.2) is 0 Å². The standard InChI is InChI=1S/C10H15NS/c1-10(2)7-12-9-6-4-3-5-8(9)11-10/h3-4,6,8,11H,5,7H2,1-2H3. The first-order valence-corrected chi connectivity index (χ1v) is 5.43. The first-order valence-electron chi connectivity index (χ1n) is 4.45. The van der Waals surface area contributed by atoms with E-state index < -0.39 is 0 Å². The summed E-state index contributed by atoms with van der Waals surface area (Å²) in [6.45, 7) is 4.55. The van der Waals surface area contributed by atoms with Crippen LogP contribution in [0.4, 0.5) is 0 Å². The minimum Gasteiger partial charge on any atom is -0.303 e. The molecule has 12 heavy (non-hydrogen) atoms. The van der Waals surface area contributed by atoms with Crippen LogP contribution in [0.15, 0.2) is 23.1 Å². The second-order valence-corrected chi connectivity index (χ2v) is 5.15. The zero-order valence-electron chi connectivity index (χ0n) is 7.63. The zero-order valence-corrected chi connectivity index (χ0v) is 8.45. The first-order chi connectivity index (χ1) is 5.67. The fourth-order valence-electron chi connectivity index (χ4n) is 1.67. The smallest absolute Gasteiger partial charge is 0.0419 e. The lowest BCUT2D eigenvalue weighted by atomic mass is 10.0. The van der Waals surface area contributed by atoms with Crippen LogP contribution in [-0.2, 0) is 0 Å². The lowest BCUT2D eigenvalue weighted by Gasteiger charge is -2.38. The normalized spacial score (nSPS) is 32.5. The molecule has 0 aromatic carbocycles. The molecule has 1 heterocycles. The third-order valence-electron chi connectivity index (χ3n) is 2.28. The maximum atomic E-state index is 3.65. The van der Waals surface area contributed by atoms with Gasteiger partial charge in [-0.05, 0) is 20.3 Å². The molecule has 0 spiro atoms. The van der Waals surface area contributed by atoms with E-state index in [1.54, 1.807) is 0 Å². The number of hydrogen-bond donors (Lipinski definition) is 1. The number of allylic oxidation sites excluding steroid dienone is 2. The third-order valence-corrected chi connectivity index (χ3v) is 3.90. The van der Waals surface area contributed by atoms with Crippen LogP contribution in [-0.4, -0.2) is 17.3 Å². The van der Waals surface area contributed by atoms with Gasteiger partial charge in [-0.1, -0.05) is 18.2 Å². The minimum atomic E-state index is 0.303. The summed E-state index contributed by atoms with van der Waals surface area (Å²) >= 11 is 2.00. The fourth-order valence-corrected chi connectivity index (χ4v) is 2.81. The lowest BCUT2D eigenvalue weighted by Crippen LogP contribution is -2.51. The predicted molar refractivity (Wildman–Crippen MR) is 55.3 cm³/mol. The van der Waals surface area contributed by atoms with E-state index in [0.29, 0.717) is 11.6 Å². The van der Waals surface area contributed by atoms with Gasteiger partial charge in [-0.25, -0.2) is 0 Å². The zero-order chi connectivity index (χ0) is 8.60. The van der Waals surface area contributed by atoms with Crippen molar-refractivity contribution in [1.29, 1.82) is 0 Å². The van der Waals surface area contributed by atoms with Crippen molar-refractivity contribution in [2.24, 2.45) is 0 Å². The minimum absolute atomic E-state index is 0.303. The topological polar surface area (TPSA) is 12.0 Å². The highest BCUT2D eigenvalue weighted by Gasteiger charge is 2.30. The summed E-state index contributed by atoms with van der Waals surface area (Å²) in [6, 6.07) is 0.587. The van der Waals surface area contributed by atoms with Crippen LogP contribution in [0.25, 0.3) is 0 Å². The average Bonchev–Trinajstić information content (AvgIpc) is 2.02. The Bertz CT molecular complexity index is 240. The van der Waals surface area contributed by atoms with Crippen molar-refractivity contribution in [1.82, 2.24) is 5.32 Å². The van der Waals surface area contributed by atoms with Crippen LogP contribution >= 0.6 is 11.8 Å². The maximum absolute atomic E-state index is 3.65. The summed E-state index contributed by atoms with van der Waals surface area (Å²) in [7, 11) is 0. The molecule has 2 heteroatoms. The molecule has 1 atom stereocenters. The van der Waals surface area contributed by atoms with Crippen LogP contribution in [0.5, 0.6) is 0 Å². The summed E-state index contributed by atoms with van der Waals surface area (Å²) in [5.41, 5.74) is 0.303.